The molecule has 1 saturated carbocycles. The molecule has 94 valence electrons. The number of carboxylic acid groups (broad SMARTS) is 1. The molecular weight excluding hydrogens is 330 g/mol. The van der Waals surface area contributed by atoms with Gasteiger partial charge in [-0.3, -0.25) is 0 Å². The monoisotopic (exact) mass is 339 g/mol. The number of halogens is 1. The van der Waals surface area contributed by atoms with Gasteiger partial charge < -0.3 is 5.11 Å². The zero-order valence-corrected chi connectivity index (χ0v) is 11.9. The van der Waals surface area contributed by atoms with E-state index >= 15 is 0 Å². The number of carbonyl (C=O) groups is 1. The van der Waals surface area contributed by atoms with Crippen molar-refractivity contribution in [3.8, 4) is 0 Å². The standard InChI is InChI=1S/C9H10BrNO4S2/c10-8-7(4-6(16-8)9(12)13)17(14,15)11-5-2-1-3-5/h4-5,11H,1-3H2,(H,12,13). The van der Waals surface area contributed by atoms with Crippen LogP contribution in [0.1, 0.15) is 28.9 Å². The van der Waals surface area contributed by atoms with Crippen molar-refractivity contribution in [3.05, 3.63) is 14.7 Å². The lowest BCUT2D eigenvalue weighted by Gasteiger charge is -2.25. The van der Waals surface area contributed by atoms with Crippen molar-refractivity contribution in [3.63, 3.8) is 0 Å². The molecule has 8 heteroatoms. The van der Waals surface area contributed by atoms with Crippen LogP contribution in [0.3, 0.4) is 0 Å². The summed E-state index contributed by atoms with van der Waals surface area (Å²) in [5.74, 6) is -1.12. The highest BCUT2D eigenvalue weighted by molar-refractivity contribution is 9.11. The molecule has 1 aliphatic carbocycles. The summed E-state index contributed by atoms with van der Waals surface area (Å²) in [6.07, 6.45) is 2.71. The van der Waals surface area contributed by atoms with Crippen molar-refractivity contribution in [1.82, 2.24) is 4.72 Å². The van der Waals surface area contributed by atoms with E-state index in [-0.39, 0.29) is 15.8 Å². The van der Waals surface area contributed by atoms with Gasteiger partial charge >= 0.3 is 5.97 Å². The second-order valence-electron chi connectivity index (χ2n) is 3.80. The Balaban J connectivity index is 2.28. The number of carboxylic acids is 1. The van der Waals surface area contributed by atoms with Gasteiger partial charge in [-0.25, -0.2) is 17.9 Å². The average molecular weight is 340 g/mol. The maximum absolute atomic E-state index is 12.0. The van der Waals surface area contributed by atoms with Crippen LogP contribution in [-0.2, 0) is 10.0 Å². The summed E-state index contributed by atoms with van der Waals surface area (Å²) in [5, 5.41) is 8.80. The number of thiophene rings is 1. The van der Waals surface area contributed by atoms with E-state index in [1.54, 1.807) is 0 Å². The van der Waals surface area contributed by atoms with Crippen molar-refractivity contribution in [1.29, 1.82) is 0 Å². The van der Waals surface area contributed by atoms with Gasteiger partial charge in [0.25, 0.3) is 0 Å². The van der Waals surface area contributed by atoms with Gasteiger partial charge in [-0.15, -0.1) is 11.3 Å². The predicted octanol–water partition coefficient (Wildman–Crippen LogP) is 2.04. The zero-order valence-electron chi connectivity index (χ0n) is 8.64. The summed E-state index contributed by atoms with van der Waals surface area (Å²) in [6.45, 7) is 0. The molecule has 1 fully saturated rings. The van der Waals surface area contributed by atoms with Crippen LogP contribution in [0.25, 0.3) is 0 Å². The predicted molar refractivity (Wildman–Crippen MR) is 66.9 cm³/mol. The van der Waals surface area contributed by atoms with Crippen LogP contribution >= 0.6 is 27.3 Å². The maximum atomic E-state index is 12.0. The van der Waals surface area contributed by atoms with Crippen LogP contribution in [0.5, 0.6) is 0 Å². The van der Waals surface area contributed by atoms with Crippen LogP contribution in [0.2, 0.25) is 0 Å². The third-order valence-electron chi connectivity index (χ3n) is 2.58. The molecular formula is C9H10BrNO4S2. The summed E-state index contributed by atoms with van der Waals surface area (Å²) in [7, 11) is -3.61. The van der Waals surface area contributed by atoms with Crippen molar-refractivity contribution in [2.75, 3.05) is 0 Å². The maximum Gasteiger partial charge on any atom is 0.345 e. The van der Waals surface area contributed by atoms with E-state index in [2.05, 4.69) is 20.7 Å². The summed E-state index contributed by atoms with van der Waals surface area (Å²) in [4.78, 5) is 10.8. The lowest BCUT2D eigenvalue weighted by atomic mass is 9.94. The van der Waals surface area contributed by atoms with Gasteiger partial charge in [-0.2, -0.15) is 0 Å². The molecule has 0 aliphatic heterocycles. The zero-order chi connectivity index (χ0) is 12.6. The Morgan fingerprint density at radius 3 is 2.59 bits per heavy atom. The van der Waals surface area contributed by atoms with Gasteiger partial charge in [0.05, 0.1) is 3.79 Å². The minimum Gasteiger partial charge on any atom is -0.477 e. The van der Waals surface area contributed by atoms with E-state index in [0.29, 0.717) is 3.79 Å². The van der Waals surface area contributed by atoms with Gasteiger partial charge in [0, 0.05) is 6.04 Å². The van der Waals surface area contributed by atoms with Crippen molar-refractivity contribution in [2.24, 2.45) is 0 Å². The van der Waals surface area contributed by atoms with E-state index in [9.17, 15) is 13.2 Å². The molecule has 2 rings (SSSR count). The van der Waals surface area contributed by atoms with E-state index in [0.717, 1.165) is 30.6 Å². The van der Waals surface area contributed by atoms with Crippen molar-refractivity contribution in [2.45, 2.75) is 30.2 Å². The summed E-state index contributed by atoms with van der Waals surface area (Å²) in [6, 6.07) is 1.16. The molecule has 1 heterocycles. The molecule has 5 nitrogen and oxygen atoms in total. The summed E-state index contributed by atoms with van der Waals surface area (Å²) in [5.41, 5.74) is 0. The molecule has 1 aromatic heterocycles. The Morgan fingerprint density at radius 1 is 1.53 bits per heavy atom. The van der Waals surface area contributed by atoms with Crippen LogP contribution in [0.15, 0.2) is 14.7 Å². The van der Waals surface area contributed by atoms with Crippen LogP contribution in [0.4, 0.5) is 0 Å². The molecule has 0 amide bonds. The van der Waals surface area contributed by atoms with Crippen molar-refractivity contribution >= 4 is 43.3 Å². The largest absolute Gasteiger partial charge is 0.477 e. The first kappa shape index (κ1) is 13.0. The van der Waals surface area contributed by atoms with Gasteiger partial charge in [0.15, 0.2) is 0 Å². The fourth-order valence-electron chi connectivity index (χ4n) is 1.45. The first-order valence-corrected chi connectivity index (χ1v) is 8.04. The third-order valence-corrected chi connectivity index (χ3v) is 6.34. The number of nitrogens with one attached hydrogen (secondary N) is 1. The molecule has 0 unspecified atom stereocenters. The average Bonchev–Trinajstić information content (AvgIpc) is 2.55. The smallest absolute Gasteiger partial charge is 0.345 e. The number of hydrogen-bond acceptors (Lipinski definition) is 4. The Kier molecular flexibility index (Phi) is 3.58. The molecule has 0 atom stereocenters. The van der Waals surface area contributed by atoms with Gasteiger partial charge in [0.2, 0.25) is 10.0 Å². The number of rotatable bonds is 4. The van der Waals surface area contributed by atoms with E-state index in [1.807, 2.05) is 0 Å². The lowest BCUT2D eigenvalue weighted by Crippen LogP contribution is -2.39. The van der Waals surface area contributed by atoms with E-state index < -0.39 is 16.0 Å². The Morgan fingerprint density at radius 2 is 2.18 bits per heavy atom. The highest BCUT2D eigenvalue weighted by Crippen LogP contribution is 2.32. The van der Waals surface area contributed by atoms with Crippen molar-refractivity contribution < 1.29 is 18.3 Å². The van der Waals surface area contributed by atoms with Gasteiger partial charge in [-0.1, -0.05) is 6.42 Å². The molecule has 17 heavy (non-hydrogen) atoms. The number of hydrogen-bond donors (Lipinski definition) is 2. The van der Waals surface area contributed by atoms with Gasteiger partial charge in [0.1, 0.15) is 9.77 Å². The fourth-order valence-corrected chi connectivity index (χ4v) is 5.16. The highest BCUT2D eigenvalue weighted by Gasteiger charge is 2.28. The number of aromatic carboxylic acids is 1. The molecule has 0 saturated heterocycles. The molecule has 1 aromatic rings. The van der Waals surface area contributed by atoms with Crippen LogP contribution < -0.4 is 4.72 Å². The Bertz CT molecular complexity index is 547. The molecule has 0 aromatic carbocycles. The fraction of sp³-hybridized carbons (Fsp3) is 0.444. The van der Waals surface area contributed by atoms with Crippen LogP contribution in [-0.4, -0.2) is 25.5 Å². The van der Waals surface area contributed by atoms with Gasteiger partial charge in [-0.05, 0) is 34.8 Å². The Hall–Kier alpha value is -0.440. The minimum absolute atomic E-state index is 0.00543. The SMILES string of the molecule is O=C(O)c1cc(S(=O)(=O)NC2CCC2)c(Br)s1. The number of sulfonamides is 1. The Labute approximate surface area is 111 Å². The summed E-state index contributed by atoms with van der Waals surface area (Å²) >= 11 is 3.99. The van der Waals surface area contributed by atoms with E-state index in [1.165, 1.54) is 6.07 Å². The molecule has 0 bridgehead atoms. The van der Waals surface area contributed by atoms with E-state index in [4.69, 9.17) is 5.11 Å². The summed E-state index contributed by atoms with van der Waals surface area (Å²) < 4.78 is 26.8. The molecule has 0 radical (unpaired) electrons. The first-order valence-electron chi connectivity index (χ1n) is 4.95. The highest BCUT2D eigenvalue weighted by atomic mass is 79.9. The molecule has 1 aliphatic rings. The second-order valence-corrected chi connectivity index (χ2v) is 7.86. The second kappa shape index (κ2) is 4.68. The molecule has 2 N–H and O–H groups in total. The minimum atomic E-state index is -3.61. The topological polar surface area (TPSA) is 83.5 Å². The van der Waals surface area contributed by atoms with Crippen LogP contribution in [0, 0.1) is 0 Å². The first-order chi connectivity index (χ1) is 7.90. The quantitative estimate of drug-likeness (QED) is 0.879. The third kappa shape index (κ3) is 2.70. The molecule has 0 spiro atoms. The lowest BCUT2D eigenvalue weighted by molar-refractivity contribution is 0.0702. The normalized spacial score (nSPS) is 16.8.